The summed E-state index contributed by atoms with van der Waals surface area (Å²) in [6, 6.07) is -0.977. The summed E-state index contributed by atoms with van der Waals surface area (Å²) in [6.45, 7) is 11.0. The highest BCUT2D eigenvalue weighted by molar-refractivity contribution is 8.00. The average Bonchev–Trinajstić information content (AvgIpc) is 2.79. The largest absolute Gasteiger partial charge is 0.480 e. The van der Waals surface area contributed by atoms with E-state index >= 15 is 0 Å². The zero-order chi connectivity index (χ0) is 15.5. The van der Waals surface area contributed by atoms with Gasteiger partial charge in [0, 0.05) is 12.3 Å². The summed E-state index contributed by atoms with van der Waals surface area (Å²) in [5.74, 6) is -0.0193. The van der Waals surface area contributed by atoms with E-state index in [9.17, 15) is 14.7 Å². The van der Waals surface area contributed by atoms with Crippen molar-refractivity contribution in [3.63, 3.8) is 0 Å². The molecule has 0 bridgehead atoms. The molecule has 1 rings (SSSR count). The molecule has 0 aromatic heterocycles. The normalized spacial score (nSPS) is 23.2. The highest BCUT2D eigenvalue weighted by Crippen LogP contribution is 2.31. The quantitative estimate of drug-likeness (QED) is 0.819. The lowest BCUT2D eigenvalue weighted by atomic mass is 9.81. The molecule has 1 aliphatic rings. The van der Waals surface area contributed by atoms with Gasteiger partial charge < -0.3 is 10.4 Å². The van der Waals surface area contributed by atoms with E-state index in [1.54, 1.807) is 0 Å². The maximum atomic E-state index is 12.3. The third-order valence-electron chi connectivity index (χ3n) is 4.22. The number of nitrogens with one attached hydrogen (secondary N) is 1. The summed E-state index contributed by atoms with van der Waals surface area (Å²) in [5.41, 5.74) is -0.0110. The third-order valence-corrected chi connectivity index (χ3v) is 5.67. The molecule has 1 fully saturated rings. The summed E-state index contributed by atoms with van der Waals surface area (Å²) >= 11 is 1.54. The Kier molecular flexibility index (Phi) is 5.74. The van der Waals surface area contributed by atoms with E-state index in [1.165, 1.54) is 16.7 Å². The fourth-order valence-corrected chi connectivity index (χ4v) is 3.29. The maximum Gasteiger partial charge on any atom is 0.327 e. The van der Waals surface area contributed by atoms with E-state index in [-0.39, 0.29) is 16.8 Å². The molecule has 0 spiro atoms. The summed E-state index contributed by atoms with van der Waals surface area (Å²) in [7, 11) is 0. The van der Waals surface area contributed by atoms with Crippen LogP contribution in [0.15, 0.2) is 0 Å². The number of hydrogen-bond donors (Lipinski definition) is 2. The van der Waals surface area contributed by atoms with Gasteiger partial charge in [0.1, 0.15) is 6.04 Å². The van der Waals surface area contributed by atoms with Crippen molar-refractivity contribution in [3.05, 3.63) is 0 Å². The molecule has 2 unspecified atom stereocenters. The number of nitrogens with zero attached hydrogens (tertiary/aromatic N) is 1. The zero-order valence-corrected chi connectivity index (χ0v) is 13.8. The van der Waals surface area contributed by atoms with Gasteiger partial charge in [0.15, 0.2) is 0 Å². The van der Waals surface area contributed by atoms with Crippen LogP contribution in [-0.4, -0.2) is 45.7 Å². The zero-order valence-electron chi connectivity index (χ0n) is 13.0. The molecule has 0 aromatic rings. The summed E-state index contributed by atoms with van der Waals surface area (Å²) < 4.78 is 0. The van der Waals surface area contributed by atoms with Crippen LogP contribution in [0, 0.1) is 11.3 Å². The fourth-order valence-electron chi connectivity index (χ4n) is 1.94. The lowest BCUT2D eigenvalue weighted by Crippen LogP contribution is -2.51. The Bertz CT molecular complexity index is 371. The van der Waals surface area contributed by atoms with Gasteiger partial charge in [0.25, 0.3) is 0 Å². The minimum absolute atomic E-state index is 0.0110. The van der Waals surface area contributed by atoms with Gasteiger partial charge in [0.2, 0.25) is 0 Å². The van der Waals surface area contributed by atoms with E-state index < -0.39 is 12.0 Å². The van der Waals surface area contributed by atoms with E-state index in [2.05, 4.69) is 33.0 Å². The predicted molar refractivity (Wildman–Crippen MR) is 81.8 cm³/mol. The van der Waals surface area contributed by atoms with Gasteiger partial charge in [-0.2, -0.15) is 0 Å². The first-order valence-electron chi connectivity index (χ1n) is 7.11. The molecule has 5 nitrogen and oxygen atoms in total. The Morgan fingerprint density at radius 3 is 2.50 bits per heavy atom. The SMILES string of the molecule is CCC1SCC(C(=O)O)N1C(=O)NCC(C)(C)C(C)C. The molecule has 1 heterocycles. The Morgan fingerprint density at radius 1 is 1.45 bits per heavy atom. The number of carboxylic acid groups (broad SMARTS) is 1. The van der Waals surface area contributed by atoms with Gasteiger partial charge in [-0.05, 0) is 17.8 Å². The number of rotatable bonds is 5. The van der Waals surface area contributed by atoms with E-state index in [1.807, 2.05) is 6.92 Å². The molecule has 0 radical (unpaired) electrons. The number of hydrogen-bond acceptors (Lipinski definition) is 3. The van der Waals surface area contributed by atoms with Gasteiger partial charge in [-0.25, -0.2) is 9.59 Å². The van der Waals surface area contributed by atoms with Gasteiger partial charge in [-0.1, -0.05) is 34.6 Å². The monoisotopic (exact) mass is 302 g/mol. The second-order valence-corrected chi connectivity index (χ2v) is 7.47. The van der Waals surface area contributed by atoms with Crippen LogP contribution in [0.3, 0.4) is 0 Å². The molecule has 0 saturated carbocycles. The van der Waals surface area contributed by atoms with Gasteiger partial charge >= 0.3 is 12.0 Å². The second-order valence-electron chi connectivity index (χ2n) is 6.26. The van der Waals surface area contributed by atoms with Crippen LogP contribution in [0.5, 0.6) is 0 Å². The highest BCUT2D eigenvalue weighted by Gasteiger charge is 2.41. The number of carboxylic acids is 1. The number of carbonyl (C=O) groups excluding carboxylic acids is 1. The van der Waals surface area contributed by atoms with Crippen LogP contribution in [-0.2, 0) is 4.79 Å². The van der Waals surface area contributed by atoms with Crippen molar-refractivity contribution in [1.29, 1.82) is 0 Å². The van der Waals surface area contributed by atoms with Crippen molar-refractivity contribution in [1.82, 2.24) is 10.2 Å². The summed E-state index contributed by atoms with van der Waals surface area (Å²) in [6.07, 6.45) is 0.759. The average molecular weight is 302 g/mol. The molecule has 116 valence electrons. The van der Waals surface area contributed by atoms with Crippen LogP contribution in [0.25, 0.3) is 0 Å². The maximum absolute atomic E-state index is 12.3. The predicted octanol–water partition coefficient (Wildman–Crippen LogP) is 2.62. The molecular weight excluding hydrogens is 276 g/mol. The molecule has 2 atom stereocenters. The summed E-state index contributed by atoms with van der Waals surface area (Å²) in [5, 5.41) is 12.1. The number of aliphatic carboxylic acids is 1. The minimum Gasteiger partial charge on any atom is -0.480 e. The van der Waals surface area contributed by atoms with Gasteiger partial charge in [0.05, 0.1) is 5.37 Å². The Labute approximate surface area is 125 Å². The molecule has 0 aliphatic carbocycles. The Balaban J connectivity index is 2.71. The molecule has 2 amide bonds. The van der Waals surface area contributed by atoms with E-state index in [0.717, 1.165) is 6.42 Å². The van der Waals surface area contributed by atoms with Crippen molar-refractivity contribution in [2.45, 2.75) is 52.5 Å². The topological polar surface area (TPSA) is 69.6 Å². The fraction of sp³-hybridized carbons (Fsp3) is 0.857. The lowest BCUT2D eigenvalue weighted by Gasteiger charge is -2.32. The summed E-state index contributed by atoms with van der Waals surface area (Å²) in [4.78, 5) is 25.1. The van der Waals surface area contributed by atoms with Crippen molar-refractivity contribution < 1.29 is 14.7 Å². The van der Waals surface area contributed by atoms with Crippen molar-refractivity contribution in [2.75, 3.05) is 12.3 Å². The first kappa shape index (κ1) is 17.1. The molecule has 0 aromatic carbocycles. The van der Waals surface area contributed by atoms with Crippen molar-refractivity contribution in [3.8, 4) is 0 Å². The number of amides is 2. The van der Waals surface area contributed by atoms with Crippen LogP contribution in [0.1, 0.15) is 41.0 Å². The standard InChI is InChI=1S/C14H26N2O3S/c1-6-11-16(10(7-20-11)12(17)18)13(19)15-8-14(4,5)9(2)3/h9-11H,6-8H2,1-5H3,(H,15,19)(H,17,18). The van der Waals surface area contributed by atoms with E-state index in [0.29, 0.717) is 18.2 Å². The number of urea groups is 1. The van der Waals surface area contributed by atoms with Gasteiger partial charge in [-0.15, -0.1) is 11.8 Å². The number of thioether (sulfide) groups is 1. The minimum atomic E-state index is -0.924. The molecule has 6 heteroatoms. The smallest absolute Gasteiger partial charge is 0.327 e. The first-order valence-corrected chi connectivity index (χ1v) is 8.16. The second kappa shape index (κ2) is 6.70. The molecular formula is C14H26N2O3S. The van der Waals surface area contributed by atoms with Crippen LogP contribution >= 0.6 is 11.8 Å². The Morgan fingerprint density at radius 2 is 2.05 bits per heavy atom. The van der Waals surface area contributed by atoms with Crippen molar-refractivity contribution >= 4 is 23.8 Å². The first-order chi connectivity index (χ1) is 9.20. The molecule has 2 N–H and O–H groups in total. The molecule has 1 aliphatic heterocycles. The van der Waals surface area contributed by atoms with Crippen LogP contribution in [0.2, 0.25) is 0 Å². The molecule has 1 saturated heterocycles. The van der Waals surface area contributed by atoms with Crippen LogP contribution < -0.4 is 5.32 Å². The highest BCUT2D eigenvalue weighted by atomic mass is 32.2. The molecule has 20 heavy (non-hydrogen) atoms. The lowest BCUT2D eigenvalue weighted by molar-refractivity contribution is -0.141. The van der Waals surface area contributed by atoms with Gasteiger partial charge in [-0.3, -0.25) is 4.90 Å². The third kappa shape index (κ3) is 3.81. The van der Waals surface area contributed by atoms with Crippen molar-refractivity contribution in [2.24, 2.45) is 11.3 Å². The van der Waals surface area contributed by atoms with Crippen LogP contribution in [0.4, 0.5) is 4.79 Å². The van der Waals surface area contributed by atoms with E-state index in [4.69, 9.17) is 0 Å². The Hall–Kier alpha value is -0.910. The number of carbonyl (C=O) groups is 2.